The van der Waals surface area contributed by atoms with Crippen LogP contribution in [0.25, 0.3) is 5.65 Å². The monoisotopic (exact) mass is 682 g/mol. The van der Waals surface area contributed by atoms with Gasteiger partial charge in [0.05, 0.1) is 22.9 Å². The number of nitriles is 1. The largest absolute Gasteiger partial charge is 0.459 e. The van der Waals surface area contributed by atoms with Crippen LogP contribution in [0.3, 0.4) is 0 Å². The molecule has 0 aliphatic carbocycles. The minimum absolute atomic E-state index is 0.0884. The van der Waals surface area contributed by atoms with Crippen LogP contribution in [0, 0.1) is 11.3 Å². The molecule has 16 heteroatoms. The highest BCUT2D eigenvalue weighted by molar-refractivity contribution is 7.90. The van der Waals surface area contributed by atoms with Gasteiger partial charge in [-0.25, -0.2) is 32.3 Å². The van der Waals surface area contributed by atoms with Crippen molar-refractivity contribution in [3.63, 3.8) is 0 Å². The summed E-state index contributed by atoms with van der Waals surface area (Å²) in [5, 5.41) is 14.3. The molecular formula is C33H26N6O9S. The van der Waals surface area contributed by atoms with Gasteiger partial charge in [0.2, 0.25) is 15.4 Å². The first-order chi connectivity index (χ1) is 23.5. The first kappa shape index (κ1) is 32.7. The van der Waals surface area contributed by atoms with Crippen LogP contribution in [0.1, 0.15) is 36.8 Å². The molecule has 0 radical (unpaired) electrons. The number of benzene rings is 3. The Balaban J connectivity index is 1.50. The van der Waals surface area contributed by atoms with Crippen LogP contribution < -0.4 is 5.73 Å². The number of aromatic nitrogens is 4. The van der Waals surface area contributed by atoms with Crippen molar-refractivity contribution in [2.75, 3.05) is 18.6 Å². The van der Waals surface area contributed by atoms with Gasteiger partial charge in [-0.05, 0) is 36.4 Å². The molecule has 5 aromatic rings. The average Bonchev–Trinajstić information content (AvgIpc) is 3.68. The number of sulfone groups is 1. The van der Waals surface area contributed by atoms with Crippen molar-refractivity contribution in [3.8, 4) is 6.07 Å². The molecule has 15 nitrogen and oxygen atoms in total. The second-order valence-electron chi connectivity index (χ2n) is 10.8. The quantitative estimate of drug-likeness (QED) is 0.175. The fraction of sp³-hybridized carbons (Fsp3) is 0.182. The zero-order valence-corrected chi connectivity index (χ0v) is 26.4. The number of nitrogens with zero attached hydrogens (tertiary/aromatic N) is 5. The molecule has 3 aromatic carbocycles. The first-order valence-electron chi connectivity index (χ1n) is 14.6. The molecule has 49 heavy (non-hydrogen) atoms. The van der Waals surface area contributed by atoms with Gasteiger partial charge in [-0.2, -0.15) is 10.2 Å². The maximum Gasteiger partial charge on any atom is 0.338 e. The lowest BCUT2D eigenvalue weighted by Crippen LogP contribution is -2.46. The Morgan fingerprint density at radius 3 is 1.96 bits per heavy atom. The highest BCUT2D eigenvalue weighted by atomic mass is 32.2. The first-order valence-corrected chi connectivity index (χ1v) is 16.5. The van der Waals surface area contributed by atoms with Gasteiger partial charge in [-0.15, -0.1) is 5.10 Å². The Morgan fingerprint density at radius 2 is 1.43 bits per heavy atom. The van der Waals surface area contributed by atoms with Crippen LogP contribution >= 0.6 is 0 Å². The highest BCUT2D eigenvalue weighted by Crippen LogP contribution is 2.44. The minimum atomic E-state index is -4.03. The summed E-state index contributed by atoms with van der Waals surface area (Å²) in [6, 6.07) is 25.7. The smallest absolute Gasteiger partial charge is 0.338 e. The van der Waals surface area contributed by atoms with Crippen LogP contribution in [0.15, 0.2) is 102 Å². The molecule has 3 unspecified atom stereocenters. The van der Waals surface area contributed by atoms with Crippen LogP contribution in [0.4, 0.5) is 5.82 Å². The summed E-state index contributed by atoms with van der Waals surface area (Å²) in [4.78, 5) is 48.0. The molecule has 2 aromatic heterocycles. The molecule has 2 N–H and O–H groups in total. The lowest BCUT2D eigenvalue weighted by atomic mass is 9.92. The van der Waals surface area contributed by atoms with Crippen molar-refractivity contribution in [1.29, 1.82) is 5.26 Å². The molecule has 0 spiro atoms. The molecule has 3 heterocycles. The Hall–Kier alpha value is -6.18. The third-order valence-corrected chi connectivity index (χ3v) is 8.37. The number of ether oxygens (including phenoxy) is 4. The third-order valence-electron chi connectivity index (χ3n) is 7.53. The summed E-state index contributed by atoms with van der Waals surface area (Å²) in [6.45, 7) is -0.578. The van der Waals surface area contributed by atoms with E-state index in [-0.39, 0.29) is 33.8 Å². The van der Waals surface area contributed by atoms with Gasteiger partial charge >= 0.3 is 17.9 Å². The van der Waals surface area contributed by atoms with Gasteiger partial charge in [-0.3, -0.25) is 0 Å². The van der Waals surface area contributed by atoms with E-state index in [0.717, 1.165) is 17.0 Å². The fourth-order valence-electron chi connectivity index (χ4n) is 5.20. The standard InChI is InChI=1S/C33H26N6O9S/c1-49(43,44)32-37-27(35)28-36-17-24(39(28)38-32)33(19-34)26(47-31(42)22-15-9-4-10-16-22)25(46-30(41)21-13-7-3-8-14-21)23(48-33)18-45-29(40)20-11-5-2-6-12-20/h2-17,23,25-26H,18H2,1H3,(H2,35,37,38)/t23-,25?,26?,33?/m1/s1. The number of imidazole rings is 1. The minimum Gasteiger partial charge on any atom is -0.459 e. The van der Waals surface area contributed by atoms with E-state index in [9.17, 15) is 28.1 Å². The average molecular weight is 683 g/mol. The number of esters is 3. The van der Waals surface area contributed by atoms with E-state index in [1.807, 2.05) is 6.07 Å². The number of hydrogen-bond acceptors (Lipinski definition) is 14. The topological polar surface area (TPSA) is 215 Å². The SMILES string of the molecule is CS(=O)(=O)c1nc(N)c2ncc(C3(C#N)O[C@H](COC(=O)c4ccccc4)C(OC(=O)c4ccccc4)C3OC(=O)c3ccccc3)n2n1. The highest BCUT2D eigenvalue weighted by Gasteiger charge is 2.63. The zero-order valence-electron chi connectivity index (χ0n) is 25.6. The molecule has 0 amide bonds. The Morgan fingerprint density at radius 1 is 0.898 bits per heavy atom. The van der Waals surface area contributed by atoms with Crippen LogP contribution in [0.2, 0.25) is 0 Å². The Labute approximate surface area is 278 Å². The van der Waals surface area contributed by atoms with Gasteiger partial charge in [0.25, 0.3) is 5.16 Å². The van der Waals surface area contributed by atoms with Crippen molar-refractivity contribution in [3.05, 3.63) is 120 Å². The number of nitrogens with two attached hydrogens (primary N) is 1. The van der Waals surface area contributed by atoms with Crippen LogP contribution in [-0.2, 0) is 34.4 Å². The summed E-state index contributed by atoms with van der Waals surface area (Å²) in [6.07, 6.45) is -2.80. The normalized spacial score (nSPS) is 20.3. The summed E-state index contributed by atoms with van der Waals surface area (Å²) in [7, 11) is -4.03. The Bertz CT molecular complexity index is 2190. The summed E-state index contributed by atoms with van der Waals surface area (Å²) in [5.74, 6) is -2.88. The van der Waals surface area contributed by atoms with E-state index in [4.69, 9.17) is 24.7 Å². The van der Waals surface area contributed by atoms with E-state index >= 15 is 0 Å². The van der Waals surface area contributed by atoms with Crippen molar-refractivity contribution in [2.45, 2.75) is 29.1 Å². The molecule has 0 bridgehead atoms. The molecular weight excluding hydrogens is 656 g/mol. The van der Waals surface area contributed by atoms with Crippen molar-refractivity contribution >= 4 is 39.2 Å². The molecule has 6 rings (SSSR count). The molecule has 248 valence electrons. The summed E-state index contributed by atoms with van der Waals surface area (Å²) < 4.78 is 49.5. The second-order valence-corrected chi connectivity index (χ2v) is 12.7. The molecule has 1 aliphatic heterocycles. The van der Waals surface area contributed by atoms with Gasteiger partial charge in [0.1, 0.15) is 24.5 Å². The van der Waals surface area contributed by atoms with Gasteiger partial charge in [-0.1, -0.05) is 54.6 Å². The molecule has 1 saturated heterocycles. The Kier molecular flexibility index (Phi) is 8.78. The number of anilines is 1. The number of hydrogen-bond donors (Lipinski definition) is 1. The molecule has 1 aliphatic rings. The predicted molar refractivity (Wildman–Crippen MR) is 168 cm³/mol. The predicted octanol–water partition coefficient (Wildman–Crippen LogP) is 2.54. The van der Waals surface area contributed by atoms with E-state index < -0.39 is 63.4 Å². The molecule has 1 fully saturated rings. The number of nitrogen functional groups attached to an aromatic ring is 1. The maximum absolute atomic E-state index is 13.6. The summed E-state index contributed by atoms with van der Waals surface area (Å²) >= 11 is 0. The molecule has 0 saturated carbocycles. The number of carbonyl (C=O) groups excluding carboxylic acids is 3. The molecule has 4 atom stereocenters. The number of fused-ring (bicyclic) bond motifs is 1. The van der Waals surface area contributed by atoms with Crippen molar-refractivity contribution in [1.82, 2.24) is 19.6 Å². The van der Waals surface area contributed by atoms with Crippen LogP contribution in [0.5, 0.6) is 0 Å². The lowest BCUT2D eigenvalue weighted by molar-refractivity contribution is -0.0726. The van der Waals surface area contributed by atoms with Gasteiger partial charge < -0.3 is 24.7 Å². The van der Waals surface area contributed by atoms with E-state index in [0.29, 0.717) is 0 Å². The zero-order chi connectivity index (χ0) is 34.8. The van der Waals surface area contributed by atoms with Crippen molar-refractivity contribution in [2.24, 2.45) is 0 Å². The van der Waals surface area contributed by atoms with E-state index in [2.05, 4.69) is 15.1 Å². The second kappa shape index (κ2) is 13.1. The third kappa shape index (κ3) is 6.40. The van der Waals surface area contributed by atoms with Gasteiger partial charge in [0, 0.05) is 6.26 Å². The van der Waals surface area contributed by atoms with E-state index in [1.165, 1.54) is 36.4 Å². The maximum atomic E-state index is 13.6. The van der Waals surface area contributed by atoms with Crippen molar-refractivity contribution < 1.29 is 41.7 Å². The van der Waals surface area contributed by atoms with Crippen LogP contribution in [-0.4, -0.2) is 77.1 Å². The number of rotatable bonds is 9. The number of carbonyl (C=O) groups is 3. The van der Waals surface area contributed by atoms with E-state index in [1.54, 1.807) is 54.6 Å². The summed E-state index contributed by atoms with van der Waals surface area (Å²) in [5.41, 5.74) is 3.66. The van der Waals surface area contributed by atoms with Gasteiger partial charge in [0.15, 0.2) is 23.7 Å². The lowest BCUT2D eigenvalue weighted by Gasteiger charge is -2.28. The fourth-order valence-corrected chi connectivity index (χ4v) is 5.69.